The van der Waals surface area contributed by atoms with Crippen molar-refractivity contribution in [2.75, 3.05) is 0 Å². The van der Waals surface area contributed by atoms with Crippen molar-refractivity contribution in [2.45, 2.75) is 36.7 Å². The summed E-state index contributed by atoms with van der Waals surface area (Å²) in [6.45, 7) is 0. The Hall–Kier alpha value is -2.93. The van der Waals surface area contributed by atoms with E-state index in [-0.39, 0.29) is 11.7 Å². The molecule has 1 N–H and O–H groups in total. The largest absolute Gasteiger partial charge is 0.431 e. The Balaban J connectivity index is 1.33. The van der Waals surface area contributed by atoms with E-state index in [1.54, 1.807) is 12.1 Å². The number of nitrogens with one attached hydrogen (secondary N) is 1. The van der Waals surface area contributed by atoms with Crippen molar-refractivity contribution in [2.24, 2.45) is 5.10 Å². The van der Waals surface area contributed by atoms with Crippen molar-refractivity contribution in [3.8, 4) is 0 Å². The molecule has 1 fully saturated rings. The molecule has 1 aliphatic rings. The van der Waals surface area contributed by atoms with Crippen molar-refractivity contribution in [1.82, 2.24) is 10.4 Å². The summed E-state index contributed by atoms with van der Waals surface area (Å²) >= 11 is 1.51. The van der Waals surface area contributed by atoms with Crippen LogP contribution >= 0.6 is 11.8 Å². The van der Waals surface area contributed by atoms with E-state index >= 15 is 0 Å². The van der Waals surface area contributed by atoms with Gasteiger partial charge in [0, 0.05) is 29.9 Å². The lowest BCUT2D eigenvalue weighted by atomic mass is 9.97. The molecule has 1 heterocycles. The Morgan fingerprint density at radius 3 is 2.75 bits per heavy atom. The number of Topliss-reactive ketones (excluding diaryl/α,β-unsaturated/α-hetero) is 1. The molecule has 2 aromatic carbocycles. The van der Waals surface area contributed by atoms with Gasteiger partial charge < -0.3 is 4.42 Å². The van der Waals surface area contributed by atoms with Crippen molar-refractivity contribution in [3.63, 3.8) is 0 Å². The Bertz CT molecular complexity index is 1010. The molecule has 1 saturated carbocycles. The summed E-state index contributed by atoms with van der Waals surface area (Å²) in [5.74, 6) is 0.600. The zero-order valence-electron chi connectivity index (χ0n) is 15.2. The van der Waals surface area contributed by atoms with Gasteiger partial charge in [-0.05, 0) is 42.7 Å². The number of hydrogen-bond acceptors (Lipinski definition) is 6. The van der Waals surface area contributed by atoms with E-state index in [2.05, 4.69) is 15.5 Å². The number of amides is 1. The number of carbonyl (C=O) groups is 2. The first-order chi connectivity index (χ1) is 13.7. The lowest BCUT2D eigenvalue weighted by Crippen LogP contribution is -2.22. The van der Waals surface area contributed by atoms with Crippen LogP contribution < -0.4 is 5.43 Å². The molecule has 0 bridgehead atoms. The van der Waals surface area contributed by atoms with Crippen molar-refractivity contribution >= 4 is 40.3 Å². The molecular weight excluding hydrogens is 374 g/mol. The topological polar surface area (TPSA) is 84.6 Å². The molecule has 1 amide bonds. The average molecular weight is 393 g/mol. The predicted octanol–water partition coefficient (Wildman–Crippen LogP) is 4.35. The van der Waals surface area contributed by atoms with Crippen LogP contribution in [0.4, 0.5) is 0 Å². The summed E-state index contributed by atoms with van der Waals surface area (Å²) in [6.07, 6.45) is 2.51. The minimum atomic E-state index is -0.274. The molecule has 7 heteroatoms. The summed E-state index contributed by atoms with van der Waals surface area (Å²) in [4.78, 5) is 28.1. The zero-order chi connectivity index (χ0) is 19.3. The highest BCUT2D eigenvalue weighted by Crippen LogP contribution is 2.26. The number of benzene rings is 2. The molecule has 142 valence electrons. The van der Waals surface area contributed by atoms with Gasteiger partial charge in [0.2, 0.25) is 0 Å². The molecule has 0 unspecified atom stereocenters. The van der Waals surface area contributed by atoms with Crippen LogP contribution in [0.2, 0.25) is 0 Å². The minimum Gasteiger partial charge on any atom is -0.431 e. The van der Waals surface area contributed by atoms with Crippen LogP contribution in [0.15, 0.2) is 63.3 Å². The van der Waals surface area contributed by atoms with E-state index in [1.807, 2.05) is 36.4 Å². The van der Waals surface area contributed by atoms with Crippen molar-refractivity contribution in [3.05, 3.63) is 59.7 Å². The first-order valence-corrected chi connectivity index (χ1v) is 10.1. The van der Waals surface area contributed by atoms with Gasteiger partial charge in [-0.2, -0.15) is 5.10 Å². The average Bonchev–Trinajstić information content (AvgIpc) is 3.14. The quantitative estimate of drug-likeness (QED) is 0.515. The molecule has 4 rings (SSSR count). The Labute approximate surface area is 166 Å². The van der Waals surface area contributed by atoms with Gasteiger partial charge in [0.15, 0.2) is 5.58 Å². The second-order valence-corrected chi connectivity index (χ2v) is 7.55. The summed E-state index contributed by atoms with van der Waals surface area (Å²) in [5, 5.41) is 4.73. The number of para-hydroxylation sites is 2. The maximum absolute atomic E-state index is 12.2. The van der Waals surface area contributed by atoms with E-state index < -0.39 is 0 Å². The van der Waals surface area contributed by atoms with Gasteiger partial charge in [0.1, 0.15) is 11.3 Å². The Morgan fingerprint density at radius 1 is 1.14 bits per heavy atom. The number of rotatable bonds is 5. The Morgan fingerprint density at radius 2 is 1.96 bits per heavy atom. The van der Waals surface area contributed by atoms with Crippen molar-refractivity contribution < 1.29 is 14.0 Å². The van der Waals surface area contributed by atoms with Crippen LogP contribution in [-0.2, 0) is 10.5 Å². The fourth-order valence-corrected chi connectivity index (χ4v) is 3.79. The van der Waals surface area contributed by atoms with Crippen LogP contribution in [-0.4, -0.2) is 22.4 Å². The van der Waals surface area contributed by atoms with Gasteiger partial charge in [0.25, 0.3) is 11.1 Å². The first kappa shape index (κ1) is 18.4. The van der Waals surface area contributed by atoms with E-state index in [0.29, 0.717) is 29.4 Å². The lowest BCUT2D eigenvalue weighted by Gasteiger charge is -2.11. The highest BCUT2D eigenvalue weighted by atomic mass is 32.2. The van der Waals surface area contributed by atoms with E-state index in [9.17, 15) is 9.59 Å². The van der Waals surface area contributed by atoms with E-state index in [1.165, 1.54) is 11.8 Å². The molecule has 28 heavy (non-hydrogen) atoms. The molecule has 0 radical (unpaired) electrons. The first-order valence-electron chi connectivity index (χ1n) is 9.12. The third-order valence-electron chi connectivity index (χ3n) is 4.49. The van der Waals surface area contributed by atoms with Crippen LogP contribution in [0.25, 0.3) is 11.1 Å². The number of aromatic nitrogens is 1. The van der Waals surface area contributed by atoms with Crippen LogP contribution in [0.5, 0.6) is 0 Å². The number of hydrogen-bond donors (Lipinski definition) is 1. The molecule has 0 aliphatic heterocycles. The van der Waals surface area contributed by atoms with Crippen LogP contribution in [0.3, 0.4) is 0 Å². The van der Waals surface area contributed by atoms with Crippen LogP contribution in [0.1, 0.15) is 41.6 Å². The minimum absolute atomic E-state index is 0.181. The number of nitrogens with zero attached hydrogens (tertiary/aromatic N) is 2. The number of oxazole rings is 1. The van der Waals surface area contributed by atoms with Crippen LogP contribution in [0, 0.1) is 0 Å². The molecule has 0 spiro atoms. The van der Waals surface area contributed by atoms with E-state index in [0.717, 1.165) is 35.2 Å². The summed E-state index contributed by atoms with van der Waals surface area (Å²) in [7, 11) is 0. The Kier molecular flexibility index (Phi) is 5.53. The summed E-state index contributed by atoms with van der Waals surface area (Å²) in [5.41, 5.74) is 6.51. The van der Waals surface area contributed by atoms with Crippen molar-refractivity contribution in [1.29, 1.82) is 0 Å². The molecule has 0 atom stereocenters. The number of fused-ring (bicyclic) bond motifs is 1. The van der Waals surface area contributed by atoms with Gasteiger partial charge in [-0.3, -0.25) is 9.59 Å². The SMILES string of the molecule is O=C1CCC/C(=N\NC(=O)c2ccc(CSc3nc4ccccc4o3)cc2)C1. The summed E-state index contributed by atoms with van der Waals surface area (Å²) in [6, 6.07) is 15.0. The predicted molar refractivity (Wildman–Crippen MR) is 108 cm³/mol. The third-order valence-corrected chi connectivity index (χ3v) is 5.39. The van der Waals surface area contributed by atoms with Gasteiger partial charge in [-0.1, -0.05) is 36.0 Å². The standard InChI is InChI=1S/C21H19N3O3S/c25-17-5-3-4-16(12-17)23-24-20(26)15-10-8-14(9-11-15)13-28-21-22-18-6-1-2-7-19(18)27-21/h1-2,6-11H,3-5,12-13H2,(H,24,26)/b23-16+. The van der Waals surface area contributed by atoms with Gasteiger partial charge in [-0.25, -0.2) is 10.4 Å². The molecule has 3 aromatic rings. The third kappa shape index (κ3) is 4.48. The highest BCUT2D eigenvalue weighted by Gasteiger charge is 2.15. The normalized spacial score (nSPS) is 15.9. The number of carbonyl (C=O) groups excluding carboxylic acids is 2. The molecule has 1 aliphatic carbocycles. The number of hydrazone groups is 1. The monoisotopic (exact) mass is 393 g/mol. The van der Waals surface area contributed by atoms with Gasteiger partial charge in [-0.15, -0.1) is 0 Å². The fraction of sp³-hybridized carbons (Fsp3) is 0.238. The summed E-state index contributed by atoms with van der Waals surface area (Å²) < 4.78 is 5.70. The molecular formula is C21H19N3O3S. The smallest absolute Gasteiger partial charge is 0.271 e. The second-order valence-electron chi connectivity index (χ2n) is 6.62. The second kappa shape index (κ2) is 8.39. The van der Waals surface area contributed by atoms with Gasteiger partial charge in [0.05, 0.1) is 0 Å². The molecule has 6 nitrogen and oxygen atoms in total. The van der Waals surface area contributed by atoms with E-state index in [4.69, 9.17) is 4.42 Å². The lowest BCUT2D eigenvalue weighted by molar-refractivity contribution is -0.118. The fourth-order valence-electron chi connectivity index (χ4n) is 2.99. The zero-order valence-corrected chi connectivity index (χ0v) is 16.0. The molecule has 1 aromatic heterocycles. The number of ketones is 1. The van der Waals surface area contributed by atoms with Gasteiger partial charge >= 0.3 is 0 Å². The highest BCUT2D eigenvalue weighted by molar-refractivity contribution is 7.98. The molecule has 0 saturated heterocycles. The maximum Gasteiger partial charge on any atom is 0.271 e. The maximum atomic E-state index is 12.2. The number of thioether (sulfide) groups is 1.